The summed E-state index contributed by atoms with van der Waals surface area (Å²) in [5.41, 5.74) is 0. The molecule has 0 bridgehead atoms. The molecule has 0 fully saturated rings. The van der Waals surface area contributed by atoms with Crippen molar-refractivity contribution in [2.75, 3.05) is 39.6 Å². The zero-order valence-corrected chi connectivity index (χ0v) is 67.5. The molecule has 3 N–H and O–H groups in total. The second kappa shape index (κ2) is 71.3. The molecule has 6 atom stereocenters. The van der Waals surface area contributed by atoms with Gasteiger partial charge in [0, 0.05) is 25.7 Å². The van der Waals surface area contributed by atoms with E-state index >= 15 is 0 Å². The first-order valence-electron chi connectivity index (χ1n) is 41.9. The van der Waals surface area contributed by atoms with E-state index in [1.54, 1.807) is 0 Å². The summed E-state index contributed by atoms with van der Waals surface area (Å²) in [6.45, 7) is 12.0. The van der Waals surface area contributed by atoms with Crippen LogP contribution in [0.3, 0.4) is 0 Å². The number of hydrogen-bond donors (Lipinski definition) is 3. The van der Waals surface area contributed by atoms with Gasteiger partial charge in [-0.2, -0.15) is 0 Å². The minimum atomic E-state index is -4.96. The van der Waals surface area contributed by atoms with Crippen LogP contribution in [0, 0.1) is 17.8 Å². The average molecular weight is 1470 g/mol. The van der Waals surface area contributed by atoms with Gasteiger partial charge in [0.2, 0.25) is 0 Å². The Morgan fingerprint density at radius 3 is 0.760 bits per heavy atom. The quantitative estimate of drug-likeness (QED) is 0.0222. The number of phosphoric ester groups is 2. The van der Waals surface area contributed by atoms with Crippen molar-refractivity contribution in [3.8, 4) is 0 Å². The predicted molar refractivity (Wildman–Crippen MR) is 409 cm³/mol. The number of carbonyl (C=O) groups is 4. The van der Waals surface area contributed by atoms with Crippen LogP contribution < -0.4 is 0 Å². The fourth-order valence-electron chi connectivity index (χ4n) is 12.5. The molecule has 0 amide bonds. The topological polar surface area (TPSA) is 237 Å². The van der Waals surface area contributed by atoms with Crippen molar-refractivity contribution < 1.29 is 80.2 Å². The van der Waals surface area contributed by atoms with E-state index in [1.807, 2.05) is 0 Å². The summed E-state index contributed by atoms with van der Waals surface area (Å²) in [7, 11) is -9.92. The van der Waals surface area contributed by atoms with Gasteiger partial charge >= 0.3 is 39.5 Å². The number of ether oxygens (including phenoxy) is 4. The second-order valence-electron chi connectivity index (χ2n) is 30.4. The summed E-state index contributed by atoms with van der Waals surface area (Å²) in [5.74, 6) is 0.279. The maximum atomic E-state index is 13.1. The number of aliphatic hydroxyl groups is 1. The van der Waals surface area contributed by atoms with Crippen LogP contribution in [0.2, 0.25) is 0 Å². The molecule has 0 aliphatic rings. The first kappa shape index (κ1) is 98.1. The largest absolute Gasteiger partial charge is 0.472 e. The van der Waals surface area contributed by atoms with E-state index in [1.165, 1.54) is 231 Å². The molecule has 17 nitrogen and oxygen atoms in total. The zero-order chi connectivity index (χ0) is 73.7. The molecule has 0 aromatic carbocycles. The second-order valence-corrected chi connectivity index (χ2v) is 33.3. The van der Waals surface area contributed by atoms with Crippen LogP contribution in [-0.4, -0.2) is 96.7 Å². The normalized spacial score (nSPS) is 14.2. The third-order valence-electron chi connectivity index (χ3n) is 19.2. The number of rotatable bonds is 79. The molecule has 594 valence electrons. The smallest absolute Gasteiger partial charge is 0.462 e. The Kier molecular flexibility index (Phi) is 69.9. The van der Waals surface area contributed by atoms with Crippen molar-refractivity contribution >= 4 is 39.5 Å². The van der Waals surface area contributed by atoms with E-state index in [4.69, 9.17) is 37.0 Å². The molecule has 0 saturated heterocycles. The van der Waals surface area contributed by atoms with Gasteiger partial charge in [-0.3, -0.25) is 37.3 Å². The summed E-state index contributed by atoms with van der Waals surface area (Å²) in [6.07, 6.45) is 59.4. The molecule has 0 aliphatic heterocycles. The molecule has 0 rings (SSSR count). The van der Waals surface area contributed by atoms with Gasteiger partial charge < -0.3 is 33.8 Å². The van der Waals surface area contributed by atoms with E-state index in [0.29, 0.717) is 25.7 Å². The van der Waals surface area contributed by atoms with Crippen LogP contribution in [0.25, 0.3) is 0 Å². The highest BCUT2D eigenvalue weighted by atomic mass is 31.2. The number of carbonyl (C=O) groups excluding carboxylic acids is 4. The standard InChI is InChI=1S/C81H158O17P2/c1-8-10-11-12-13-14-15-19-26-34-41-48-55-62-78(83)91-69-77(98-81(86)65-58-51-44-37-30-29-33-40-47-54-61-74(7)9-2)71-96-100(89,90)94-67-75(82)66-93-99(87,88)95-70-76(68-92-79(84)63-56-49-42-35-27-23-22-25-32-39-46-53-60-73(5)6)97-80(85)64-57-50-43-36-28-21-18-16-17-20-24-31-38-45-52-59-72(3)4/h72-77,82H,8-71H2,1-7H3,(H,87,88)(H,89,90)/t74?,75-,76-,77-/m1/s1. The zero-order valence-electron chi connectivity index (χ0n) is 65.7. The highest BCUT2D eigenvalue weighted by Crippen LogP contribution is 2.45. The maximum absolute atomic E-state index is 13.1. The molecule has 0 spiro atoms. The summed E-state index contributed by atoms with van der Waals surface area (Å²) < 4.78 is 68.8. The number of unbranched alkanes of at least 4 members (excludes halogenated alkanes) is 46. The van der Waals surface area contributed by atoms with E-state index in [0.717, 1.165) is 108 Å². The minimum Gasteiger partial charge on any atom is -0.462 e. The van der Waals surface area contributed by atoms with Crippen LogP contribution in [0.4, 0.5) is 0 Å². The third-order valence-corrected chi connectivity index (χ3v) is 21.1. The van der Waals surface area contributed by atoms with Gasteiger partial charge in [0.05, 0.1) is 26.4 Å². The SMILES string of the molecule is CCCCCCCCCCCCCCCC(=O)OC[C@H](COP(=O)(O)OC[C@H](O)COP(=O)(O)OC[C@@H](COC(=O)CCCCCCCCCCCCCCC(C)C)OC(=O)CCCCCCCCCCCCCCCCCC(C)C)OC(=O)CCCCCCCCCCCCC(C)CC. The van der Waals surface area contributed by atoms with Crippen molar-refractivity contribution in [1.82, 2.24) is 0 Å². The van der Waals surface area contributed by atoms with Gasteiger partial charge in [-0.15, -0.1) is 0 Å². The number of hydrogen-bond acceptors (Lipinski definition) is 15. The van der Waals surface area contributed by atoms with Crippen molar-refractivity contribution in [1.29, 1.82) is 0 Å². The lowest BCUT2D eigenvalue weighted by Gasteiger charge is -2.21. The van der Waals surface area contributed by atoms with Gasteiger partial charge in [0.15, 0.2) is 12.2 Å². The van der Waals surface area contributed by atoms with E-state index < -0.39 is 97.5 Å². The Hall–Kier alpha value is -1.94. The molecule has 0 heterocycles. The van der Waals surface area contributed by atoms with Gasteiger partial charge in [-0.1, -0.05) is 370 Å². The molecule has 0 aromatic rings. The predicted octanol–water partition coefficient (Wildman–Crippen LogP) is 24.1. The molecule has 0 aromatic heterocycles. The average Bonchev–Trinajstić information content (AvgIpc) is 0.961. The first-order chi connectivity index (χ1) is 48.3. The Bertz CT molecular complexity index is 1940. The third kappa shape index (κ3) is 73.0. The lowest BCUT2D eigenvalue weighted by molar-refractivity contribution is -0.161. The van der Waals surface area contributed by atoms with Crippen molar-refractivity contribution in [2.45, 2.75) is 439 Å². The molecular weight excluding hydrogens is 1310 g/mol. The van der Waals surface area contributed by atoms with Crippen LogP contribution in [-0.2, 0) is 65.4 Å². The Labute approximate surface area is 613 Å². The Morgan fingerprint density at radius 2 is 0.510 bits per heavy atom. The molecule has 0 radical (unpaired) electrons. The molecule has 3 unspecified atom stereocenters. The van der Waals surface area contributed by atoms with E-state index in [9.17, 15) is 43.2 Å². The lowest BCUT2D eigenvalue weighted by Crippen LogP contribution is -2.30. The molecule has 0 saturated carbocycles. The van der Waals surface area contributed by atoms with Gasteiger partial charge in [0.25, 0.3) is 0 Å². The van der Waals surface area contributed by atoms with E-state index in [-0.39, 0.29) is 25.7 Å². The minimum absolute atomic E-state index is 0.107. The van der Waals surface area contributed by atoms with E-state index in [2.05, 4.69) is 48.5 Å². The molecular formula is C81H158O17P2. The van der Waals surface area contributed by atoms with Crippen molar-refractivity contribution in [2.24, 2.45) is 17.8 Å². The van der Waals surface area contributed by atoms with Crippen LogP contribution in [0.1, 0.15) is 421 Å². The van der Waals surface area contributed by atoms with Crippen LogP contribution in [0.5, 0.6) is 0 Å². The van der Waals surface area contributed by atoms with Gasteiger partial charge in [0.1, 0.15) is 19.3 Å². The Morgan fingerprint density at radius 1 is 0.290 bits per heavy atom. The lowest BCUT2D eigenvalue weighted by atomic mass is 9.99. The molecule has 100 heavy (non-hydrogen) atoms. The Balaban J connectivity index is 5.27. The summed E-state index contributed by atoms with van der Waals surface area (Å²) in [5, 5.41) is 10.6. The first-order valence-corrected chi connectivity index (χ1v) is 44.9. The van der Waals surface area contributed by atoms with Crippen molar-refractivity contribution in [3.05, 3.63) is 0 Å². The highest BCUT2D eigenvalue weighted by molar-refractivity contribution is 7.47. The monoisotopic (exact) mass is 1470 g/mol. The number of esters is 4. The molecule has 19 heteroatoms. The maximum Gasteiger partial charge on any atom is 0.472 e. The summed E-state index contributed by atoms with van der Waals surface area (Å²) in [4.78, 5) is 73.1. The summed E-state index contributed by atoms with van der Waals surface area (Å²) >= 11 is 0. The van der Waals surface area contributed by atoms with Gasteiger partial charge in [-0.05, 0) is 43.4 Å². The molecule has 0 aliphatic carbocycles. The number of phosphoric acid groups is 2. The fourth-order valence-corrected chi connectivity index (χ4v) is 14.0. The fraction of sp³-hybridized carbons (Fsp3) is 0.951. The van der Waals surface area contributed by atoms with Crippen molar-refractivity contribution in [3.63, 3.8) is 0 Å². The van der Waals surface area contributed by atoms with Gasteiger partial charge in [-0.25, -0.2) is 9.13 Å². The highest BCUT2D eigenvalue weighted by Gasteiger charge is 2.30. The van der Waals surface area contributed by atoms with Crippen LogP contribution >= 0.6 is 15.6 Å². The summed E-state index contributed by atoms with van der Waals surface area (Å²) in [6, 6.07) is 0. The number of aliphatic hydroxyl groups excluding tert-OH is 1. The van der Waals surface area contributed by atoms with Crippen LogP contribution in [0.15, 0.2) is 0 Å².